The number of halogens is 3. The van der Waals surface area contributed by atoms with Gasteiger partial charge in [-0.3, -0.25) is 0 Å². The summed E-state index contributed by atoms with van der Waals surface area (Å²) in [6.45, 7) is 7.30. The quantitative estimate of drug-likeness (QED) is 0.743. The fraction of sp³-hybridized carbons (Fsp3) is 1.00. The van der Waals surface area contributed by atoms with E-state index in [4.69, 9.17) is 0 Å². The molecule has 2 nitrogen and oxygen atoms in total. The van der Waals surface area contributed by atoms with Gasteiger partial charge in [0.25, 0.3) is 0 Å². The Bertz CT molecular complexity index is 221. The lowest BCUT2D eigenvalue weighted by molar-refractivity contribution is -0.135. The molecule has 0 atom stereocenters. The number of hydrogen-bond acceptors (Lipinski definition) is 2. The van der Waals surface area contributed by atoms with Gasteiger partial charge in [-0.15, -0.1) is 0 Å². The second kappa shape index (κ2) is 7.34. The SMILES string of the molecule is CC(C)N1CCC(NCCCCC(F)(F)F)CC1. The number of nitrogens with one attached hydrogen (secondary N) is 1. The molecule has 108 valence electrons. The van der Waals surface area contributed by atoms with Gasteiger partial charge in [0.05, 0.1) is 0 Å². The van der Waals surface area contributed by atoms with Crippen LogP contribution in [0.25, 0.3) is 0 Å². The minimum atomic E-state index is -4.00. The molecule has 0 amide bonds. The van der Waals surface area contributed by atoms with Crippen LogP contribution < -0.4 is 5.32 Å². The molecule has 0 bridgehead atoms. The monoisotopic (exact) mass is 266 g/mol. The van der Waals surface area contributed by atoms with Crippen molar-refractivity contribution >= 4 is 0 Å². The van der Waals surface area contributed by atoms with Gasteiger partial charge < -0.3 is 10.2 Å². The number of piperidine rings is 1. The van der Waals surface area contributed by atoms with Crippen LogP contribution in [0.4, 0.5) is 13.2 Å². The molecule has 0 aromatic rings. The Hall–Kier alpha value is -0.290. The molecule has 0 radical (unpaired) electrons. The minimum Gasteiger partial charge on any atom is -0.314 e. The van der Waals surface area contributed by atoms with Crippen molar-refractivity contribution in [2.45, 2.75) is 64.2 Å². The minimum absolute atomic E-state index is 0.237. The Morgan fingerprint density at radius 1 is 1.17 bits per heavy atom. The lowest BCUT2D eigenvalue weighted by Crippen LogP contribution is -2.45. The van der Waals surface area contributed by atoms with Crippen molar-refractivity contribution in [1.82, 2.24) is 10.2 Å². The number of unbranched alkanes of at least 4 members (excludes halogenated alkanes) is 1. The van der Waals surface area contributed by atoms with Gasteiger partial charge in [-0.2, -0.15) is 13.2 Å². The van der Waals surface area contributed by atoms with E-state index in [1.165, 1.54) is 0 Å². The molecule has 1 heterocycles. The van der Waals surface area contributed by atoms with Crippen LogP contribution in [0.15, 0.2) is 0 Å². The van der Waals surface area contributed by atoms with Gasteiger partial charge in [-0.1, -0.05) is 0 Å². The number of hydrogen-bond donors (Lipinski definition) is 1. The molecule has 0 unspecified atom stereocenters. The first-order chi connectivity index (χ1) is 8.38. The van der Waals surface area contributed by atoms with Gasteiger partial charge >= 0.3 is 6.18 Å². The van der Waals surface area contributed by atoms with Crippen LogP contribution >= 0.6 is 0 Å². The zero-order chi connectivity index (χ0) is 13.6. The maximum absolute atomic E-state index is 11.9. The van der Waals surface area contributed by atoms with E-state index in [0.717, 1.165) is 25.9 Å². The first kappa shape index (κ1) is 15.8. The fourth-order valence-electron chi connectivity index (χ4n) is 2.38. The van der Waals surface area contributed by atoms with Crippen molar-refractivity contribution in [2.24, 2.45) is 0 Å². The Morgan fingerprint density at radius 3 is 2.28 bits per heavy atom. The van der Waals surface area contributed by atoms with E-state index < -0.39 is 12.6 Å². The van der Waals surface area contributed by atoms with E-state index in [1.54, 1.807) is 0 Å². The normalized spacial score (nSPS) is 19.7. The highest BCUT2D eigenvalue weighted by molar-refractivity contribution is 4.78. The summed E-state index contributed by atoms with van der Waals surface area (Å²) in [4.78, 5) is 2.45. The van der Waals surface area contributed by atoms with Crippen LogP contribution in [0.3, 0.4) is 0 Å². The summed E-state index contributed by atoms with van der Waals surface area (Å²) in [5.74, 6) is 0. The van der Waals surface area contributed by atoms with Crippen molar-refractivity contribution in [3.8, 4) is 0 Å². The molecule has 0 aromatic carbocycles. The molecule has 5 heteroatoms. The van der Waals surface area contributed by atoms with Crippen molar-refractivity contribution in [3.05, 3.63) is 0 Å². The summed E-state index contributed by atoms with van der Waals surface area (Å²) in [6.07, 6.45) is -1.58. The van der Waals surface area contributed by atoms with E-state index >= 15 is 0 Å². The van der Waals surface area contributed by atoms with Crippen molar-refractivity contribution in [1.29, 1.82) is 0 Å². The largest absolute Gasteiger partial charge is 0.389 e. The third-order valence-corrected chi connectivity index (χ3v) is 3.58. The van der Waals surface area contributed by atoms with Gasteiger partial charge in [0.15, 0.2) is 0 Å². The molecule has 18 heavy (non-hydrogen) atoms. The summed E-state index contributed by atoms with van der Waals surface area (Å²) in [5, 5.41) is 3.37. The zero-order valence-corrected chi connectivity index (χ0v) is 11.4. The maximum atomic E-state index is 11.9. The van der Waals surface area contributed by atoms with Gasteiger partial charge in [-0.25, -0.2) is 0 Å². The Balaban J connectivity index is 2.01. The average molecular weight is 266 g/mol. The van der Waals surface area contributed by atoms with Gasteiger partial charge in [0.2, 0.25) is 0 Å². The molecule has 0 saturated carbocycles. The maximum Gasteiger partial charge on any atom is 0.389 e. The molecule has 0 spiro atoms. The standard InChI is InChI=1S/C13H25F3N2/c1-11(2)18-9-5-12(6-10-18)17-8-4-3-7-13(14,15)16/h11-12,17H,3-10H2,1-2H3. The van der Waals surface area contributed by atoms with Crippen molar-refractivity contribution in [3.63, 3.8) is 0 Å². The molecule has 1 saturated heterocycles. The molecule has 1 N–H and O–H groups in total. The Kier molecular flexibility index (Phi) is 6.43. The molecular weight excluding hydrogens is 241 g/mol. The van der Waals surface area contributed by atoms with Crippen LogP contribution in [-0.4, -0.2) is 42.8 Å². The van der Waals surface area contributed by atoms with E-state index in [0.29, 0.717) is 25.0 Å². The van der Waals surface area contributed by atoms with Crippen LogP contribution in [0.2, 0.25) is 0 Å². The molecule has 1 aliphatic heterocycles. The zero-order valence-electron chi connectivity index (χ0n) is 11.4. The van der Waals surface area contributed by atoms with E-state index in [1.807, 2.05) is 0 Å². The highest BCUT2D eigenvalue weighted by Crippen LogP contribution is 2.22. The van der Waals surface area contributed by atoms with Crippen LogP contribution in [0.1, 0.15) is 46.0 Å². The van der Waals surface area contributed by atoms with Crippen molar-refractivity contribution in [2.75, 3.05) is 19.6 Å². The predicted octanol–water partition coefficient (Wildman–Crippen LogP) is 3.18. The third kappa shape index (κ3) is 6.59. The van der Waals surface area contributed by atoms with Crippen LogP contribution in [-0.2, 0) is 0 Å². The van der Waals surface area contributed by atoms with Crippen LogP contribution in [0, 0.1) is 0 Å². The third-order valence-electron chi connectivity index (χ3n) is 3.58. The lowest BCUT2D eigenvalue weighted by atomic mass is 10.0. The molecule has 1 aliphatic rings. The smallest absolute Gasteiger partial charge is 0.314 e. The molecule has 1 rings (SSSR count). The number of rotatable bonds is 6. The fourth-order valence-corrected chi connectivity index (χ4v) is 2.38. The van der Waals surface area contributed by atoms with Gasteiger partial charge in [0, 0.05) is 18.5 Å². The topological polar surface area (TPSA) is 15.3 Å². The van der Waals surface area contributed by atoms with E-state index in [9.17, 15) is 13.2 Å². The molecular formula is C13H25F3N2. The average Bonchev–Trinajstić information content (AvgIpc) is 2.27. The summed E-state index contributed by atoms with van der Waals surface area (Å²) in [5.41, 5.74) is 0. The van der Waals surface area contributed by atoms with Gasteiger partial charge in [-0.05, 0) is 59.2 Å². The summed E-state index contributed by atoms with van der Waals surface area (Å²) in [6, 6.07) is 1.09. The molecule has 1 fully saturated rings. The summed E-state index contributed by atoms with van der Waals surface area (Å²) >= 11 is 0. The predicted molar refractivity (Wildman–Crippen MR) is 67.6 cm³/mol. The van der Waals surface area contributed by atoms with E-state index in [-0.39, 0.29) is 6.42 Å². The highest BCUT2D eigenvalue weighted by Gasteiger charge is 2.26. The number of nitrogens with zero attached hydrogens (tertiary/aromatic N) is 1. The molecule has 0 aliphatic carbocycles. The Morgan fingerprint density at radius 2 is 1.78 bits per heavy atom. The van der Waals surface area contributed by atoms with Crippen LogP contribution in [0.5, 0.6) is 0 Å². The second-order valence-corrected chi connectivity index (χ2v) is 5.43. The van der Waals surface area contributed by atoms with E-state index in [2.05, 4.69) is 24.1 Å². The summed E-state index contributed by atoms with van der Waals surface area (Å²) in [7, 11) is 0. The lowest BCUT2D eigenvalue weighted by Gasteiger charge is -2.35. The first-order valence-electron chi connectivity index (χ1n) is 6.92. The first-order valence-corrected chi connectivity index (χ1v) is 6.92. The van der Waals surface area contributed by atoms with Crippen molar-refractivity contribution < 1.29 is 13.2 Å². The number of likely N-dealkylation sites (tertiary alicyclic amines) is 1. The second-order valence-electron chi connectivity index (χ2n) is 5.43. The Labute approximate surface area is 108 Å². The highest BCUT2D eigenvalue weighted by atomic mass is 19.4. The summed E-state index contributed by atoms with van der Waals surface area (Å²) < 4.78 is 35.8. The van der Waals surface area contributed by atoms with Gasteiger partial charge in [0.1, 0.15) is 0 Å². The molecule has 0 aromatic heterocycles. The number of alkyl halides is 3.